The van der Waals surface area contributed by atoms with Crippen LogP contribution in [0.25, 0.3) is 0 Å². The van der Waals surface area contributed by atoms with Crippen molar-refractivity contribution in [2.45, 2.75) is 12.5 Å². The van der Waals surface area contributed by atoms with E-state index in [2.05, 4.69) is 15.9 Å². The van der Waals surface area contributed by atoms with E-state index in [0.717, 1.165) is 10.0 Å². The fourth-order valence-electron chi connectivity index (χ4n) is 1.27. The van der Waals surface area contributed by atoms with E-state index in [-0.39, 0.29) is 11.8 Å². The van der Waals surface area contributed by atoms with Crippen molar-refractivity contribution in [1.82, 2.24) is 0 Å². The Morgan fingerprint density at radius 3 is 2.53 bits per heavy atom. The lowest BCUT2D eigenvalue weighted by Gasteiger charge is -2.12. The lowest BCUT2D eigenvalue weighted by Crippen LogP contribution is -2.16. The third-order valence-corrected chi connectivity index (χ3v) is 3.80. The van der Waals surface area contributed by atoms with Crippen molar-refractivity contribution < 1.29 is 8.42 Å². The Bertz CT molecular complexity index is 431. The van der Waals surface area contributed by atoms with Gasteiger partial charge in [-0.05, 0) is 18.1 Å². The number of hydrogen-bond acceptors (Lipinski definition) is 3. The van der Waals surface area contributed by atoms with Crippen LogP contribution in [-0.2, 0) is 9.84 Å². The highest BCUT2D eigenvalue weighted by molar-refractivity contribution is 9.10. The summed E-state index contributed by atoms with van der Waals surface area (Å²) in [7, 11) is -2.94. The maximum Gasteiger partial charge on any atom is 0.147 e. The molecule has 1 unspecified atom stereocenters. The molecule has 0 aliphatic heterocycles. The van der Waals surface area contributed by atoms with Gasteiger partial charge >= 0.3 is 0 Å². The third-order valence-electron chi connectivity index (χ3n) is 2.10. The van der Waals surface area contributed by atoms with Gasteiger partial charge in [0.15, 0.2) is 0 Å². The molecule has 0 aliphatic rings. The quantitative estimate of drug-likeness (QED) is 0.921. The van der Waals surface area contributed by atoms with Crippen molar-refractivity contribution >= 4 is 25.8 Å². The molecule has 2 N–H and O–H groups in total. The van der Waals surface area contributed by atoms with Crippen LogP contribution in [0.5, 0.6) is 0 Å². The minimum atomic E-state index is -2.94. The normalized spacial score (nSPS) is 13.8. The molecular formula is C10H14BrNO2S. The lowest BCUT2D eigenvalue weighted by molar-refractivity contribution is 0.591. The minimum absolute atomic E-state index is 0.121. The maximum atomic E-state index is 11.0. The summed E-state index contributed by atoms with van der Waals surface area (Å²) in [5.41, 5.74) is 6.85. The van der Waals surface area contributed by atoms with Crippen LogP contribution >= 0.6 is 15.9 Å². The Balaban J connectivity index is 2.70. The molecule has 0 amide bonds. The first-order valence-electron chi connectivity index (χ1n) is 4.58. The van der Waals surface area contributed by atoms with Crippen molar-refractivity contribution in [2.24, 2.45) is 5.73 Å². The van der Waals surface area contributed by atoms with Crippen molar-refractivity contribution in [2.75, 3.05) is 12.0 Å². The number of hydrogen-bond donors (Lipinski definition) is 1. The minimum Gasteiger partial charge on any atom is -0.324 e. The summed E-state index contributed by atoms with van der Waals surface area (Å²) in [6, 6.07) is 7.35. The Hall–Kier alpha value is -0.390. The highest BCUT2D eigenvalue weighted by atomic mass is 79.9. The van der Waals surface area contributed by atoms with Gasteiger partial charge in [0.05, 0.1) is 5.75 Å². The molecule has 0 spiro atoms. The van der Waals surface area contributed by atoms with E-state index in [4.69, 9.17) is 5.73 Å². The van der Waals surface area contributed by atoms with Gasteiger partial charge in [-0.3, -0.25) is 0 Å². The van der Waals surface area contributed by atoms with Crippen LogP contribution in [-0.4, -0.2) is 20.4 Å². The fraction of sp³-hybridized carbons (Fsp3) is 0.400. The second-order valence-corrected chi connectivity index (χ2v) is 6.66. The van der Waals surface area contributed by atoms with E-state index < -0.39 is 9.84 Å². The molecule has 0 fully saturated rings. The molecule has 84 valence electrons. The molecule has 0 aromatic heterocycles. The van der Waals surface area contributed by atoms with Crippen molar-refractivity contribution in [1.29, 1.82) is 0 Å². The summed E-state index contributed by atoms with van der Waals surface area (Å²) >= 11 is 3.39. The molecule has 0 radical (unpaired) electrons. The number of rotatable bonds is 4. The maximum absolute atomic E-state index is 11.0. The largest absolute Gasteiger partial charge is 0.324 e. The molecule has 0 saturated carbocycles. The zero-order chi connectivity index (χ0) is 11.5. The van der Waals surface area contributed by atoms with Gasteiger partial charge in [-0.2, -0.15) is 0 Å². The highest BCUT2D eigenvalue weighted by Gasteiger charge is 2.12. The van der Waals surface area contributed by atoms with Gasteiger partial charge in [0.25, 0.3) is 0 Å². The van der Waals surface area contributed by atoms with Gasteiger partial charge < -0.3 is 5.73 Å². The van der Waals surface area contributed by atoms with Crippen LogP contribution < -0.4 is 5.73 Å². The number of sulfone groups is 1. The van der Waals surface area contributed by atoms with Crippen LogP contribution in [0.2, 0.25) is 0 Å². The lowest BCUT2D eigenvalue weighted by atomic mass is 10.1. The average Bonchev–Trinajstić information content (AvgIpc) is 2.14. The molecule has 0 bridgehead atoms. The predicted octanol–water partition coefficient (Wildman–Crippen LogP) is 1.88. The number of nitrogens with two attached hydrogens (primary N) is 1. The zero-order valence-corrected chi connectivity index (χ0v) is 10.9. The van der Waals surface area contributed by atoms with Gasteiger partial charge in [-0.1, -0.05) is 34.1 Å². The van der Waals surface area contributed by atoms with Crippen molar-refractivity contribution in [3.8, 4) is 0 Å². The average molecular weight is 292 g/mol. The first-order valence-corrected chi connectivity index (χ1v) is 7.43. The van der Waals surface area contributed by atoms with Crippen LogP contribution in [0.4, 0.5) is 0 Å². The van der Waals surface area contributed by atoms with E-state index in [1.165, 1.54) is 6.26 Å². The molecular weight excluding hydrogens is 278 g/mol. The van der Waals surface area contributed by atoms with E-state index in [9.17, 15) is 8.42 Å². The molecule has 1 aromatic rings. The van der Waals surface area contributed by atoms with Crippen molar-refractivity contribution in [3.05, 3.63) is 34.3 Å². The molecule has 0 aliphatic carbocycles. The molecule has 1 rings (SSSR count). The second kappa shape index (κ2) is 5.09. The first-order chi connectivity index (χ1) is 6.90. The Kier molecular flexibility index (Phi) is 4.31. The number of halogens is 1. The molecule has 1 aromatic carbocycles. The SMILES string of the molecule is CS(=O)(=O)CCC(N)c1ccccc1Br. The van der Waals surface area contributed by atoms with Gasteiger partial charge in [0.2, 0.25) is 0 Å². The number of benzene rings is 1. The van der Waals surface area contributed by atoms with Crippen LogP contribution in [0, 0.1) is 0 Å². The predicted molar refractivity (Wildman–Crippen MR) is 65.4 cm³/mol. The Morgan fingerprint density at radius 2 is 2.00 bits per heavy atom. The second-order valence-electron chi connectivity index (χ2n) is 3.55. The summed E-state index contributed by atoms with van der Waals surface area (Å²) in [5, 5.41) is 0. The molecule has 15 heavy (non-hydrogen) atoms. The summed E-state index contributed by atoms with van der Waals surface area (Å²) in [5.74, 6) is 0.121. The smallest absolute Gasteiger partial charge is 0.147 e. The Morgan fingerprint density at radius 1 is 1.40 bits per heavy atom. The Labute approximate surface area is 98.7 Å². The summed E-state index contributed by atoms with van der Waals surface area (Å²) < 4.78 is 22.9. The van der Waals surface area contributed by atoms with E-state index in [0.29, 0.717) is 6.42 Å². The highest BCUT2D eigenvalue weighted by Crippen LogP contribution is 2.23. The van der Waals surface area contributed by atoms with Gasteiger partial charge in [-0.15, -0.1) is 0 Å². The molecule has 1 atom stereocenters. The zero-order valence-electron chi connectivity index (χ0n) is 8.48. The van der Waals surface area contributed by atoms with Gasteiger partial charge in [-0.25, -0.2) is 8.42 Å². The first kappa shape index (κ1) is 12.7. The molecule has 5 heteroatoms. The van der Waals surface area contributed by atoms with Crippen LogP contribution in [0.3, 0.4) is 0 Å². The summed E-state index contributed by atoms with van der Waals surface area (Å²) in [6.45, 7) is 0. The van der Waals surface area contributed by atoms with Gasteiger partial charge in [0.1, 0.15) is 9.84 Å². The van der Waals surface area contributed by atoms with Crippen molar-refractivity contribution in [3.63, 3.8) is 0 Å². The topological polar surface area (TPSA) is 60.2 Å². The third kappa shape index (κ3) is 4.32. The van der Waals surface area contributed by atoms with Crippen LogP contribution in [0.15, 0.2) is 28.7 Å². The molecule has 0 heterocycles. The monoisotopic (exact) mass is 291 g/mol. The molecule has 3 nitrogen and oxygen atoms in total. The van der Waals surface area contributed by atoms with E-state index in [1.54, 1.807) is 0 Å². The molecule has 0 saturated heterocycles. The van der Waals surface area contributed by atoms with E-state index in [1.807, 2.05) is 24.3 Å². The standard InChI is InChI=1S/C10H14BrNO2S/c1-15(13,14)7-6-10(12)8-4-2-3-5-9(8)11/h2-5,10H,6-7,12H2,1H3. The fourth-order valence-corrected chi connectivity index (χ4v) is 2.53. The summed E-state index contributed by atoms with van der Waals surface area (Å²) in [4.78, 5) is 0. The summed E-state index contributed by atoms with van der Waals surface area (Å²) in [6.07, 6.45) is 1.67. The van der Waals surface area contributed by atoms with E-state index >= 15 is 0 Å². The van der Waals surface area contributed by atoms with Crippen LogP contribution in [0.1, 0.15) is 18.0 Å². The van der Waals surface area contributed by atoms with Gasteiger partial charge in [0, 0.05) is 16.8 Å².